The van der Waals surface area contributed by atoms with Gasteiger partial charge >= 0.3 is 5.97 Å². The SMILES string of the molecule is CC(C)[NH+](CC(=O)O)C[P+]([O-])(O)O. The zero-order valence-corrected chi connectivity index (χ0v) is 8.49. The van der Waals surface area contributed by atoms with Gasteiger partial charge in [-0.25, -0.2) is 14.6 Å². The summed E-state index contributed by atoms with van der Waals surface area (Å²) in [5, 5.41) is 8.46. The van der Waals surface area contributed by atoms with Gasteiger partial charge in [-0.2, -0.15) is 0 Å². The van der Waals surface area contributed by atoms with E-state index < -0.39 is 20.2 Å². The van der Waals surface area contributed by atoms with E-state index in [9.17, 15) is 9.69 Å². The van der Waals surface area contributed by atoms with Crippen LogP contribution in [0.25, 0.3) is 0 Å². The smallest absolute Gasteiger partial charge is 0.359 e. The minimum atomic E-state index is -4.13. The lowest BCUT2D eigenvalue weighted by Crippen LogP contribution is -3.16. The van der Waals surface area contributed by atoms with Crippen LogP contribution in [0, 0.1) is 0 Å². The molecule has 6 nitrogen and oxygen atoms in total. The topological polar surface area (TPSA) is 105 Å². The van der Waals surface area contributed by atoms with Crippen LogP contribution in [-0.4, -0.2) is 39.7 Å². The van der Waals surface area contributed by atoms with E-state index in [4.69, 9.17) is 14.9 Å². The molecule has 0 aromatic carbocycles. The lowest BCUT2D eigenvalue weighted by molar-refractivity contribution is -0.905. The first-order chi connectivity index (χ1) is 5.72. The van der Waals surface area contributed by atoms with Crippen molar-refractivity contribution in [3.05, 3.63) is 0 Å². The number of hydrogen-bond acceptors (Lipinski definition) is 4. The minimum absolute atomic E-state index is 0.122. The highest BCUT2D eigenvalue weighted by molar-refractivity contribution is 7.56. The lowest BCUT2D eigenvalue weighted by atomic mass is 10.3. The van der Waals surface area contributed by atoms with Gasteiger partial charge in [-0.1, -0.05) is 0 Å². The number of carboxylic acids is 1. The molecule has 0 aromatic heterocycles. The van der Waals surface area contributed by atoms with Gasteiger partial charge in [0.2, 0.25) is 6.29 Å². The first-order valence-corrected chi connectivity index (χ1v) is 5.63. The van der Waals surface area contributed by atoms with E-state index in [0.717, 1.165) is 0 Å². The maximum atomic E-state index is 10.6. The Morgan fingerprint density at radius 3 is 2.23 bits per heavy atom. The fourth-order valence-corrected chi connectivity index (χ4v) is 1.91. The normalized spacial score (nSPS) is 14.6. The molecule has 1 unspecified atom stereocenters. The molecular formula is C6H15NO5P+. The summed E-state index contributed by atoms with van der Waals surface area (Å²) in [4.78, 5) is 38.6. The van der Waals surface area contributed by atoms with Crippen LogP contribution in [-0.2, 0) is 4.79 Å². The van der Waals surface area contributed by atoms with Crippen molar-refractivity contribution < 1.29 is 29.5 Å². The Labute approximate surface area is 77.0 Å². The number of rotatable bonds is 5. The number of nitrogens with one attached hydrogen (secondary N) is 1. The monoisotopic (exact) mass is 212 g/mol. The number of quaternary nitrogens is 1. The second-order valence-electron chi connectivity index (χ2n) is 3.21. The molecule has 0 radical (unpaired) electrons. The highest BCUT2D eigenvalue weighted by Crippen LogP contribution is 2.35. The molecule has 0 amide bonds. The van der Waals surface area contributed by atoms with Gasteiger partial charge in [-0.3, -0.25) is 4.90 Å². The summed E-state index contributed by atoms with van der Waals surface area (Å²) in [7, 11) is -4.13. The fraction of sp³-hybridized carbons (Fsp3) is 0.833. The van der Waals surface area contributed by atoms with Gasteiger partial charge in [-0.15, -0.1) is 0 Å². The average Bonchev–Trinajstić information content (AvgIpc) is 1.81. The van der Waals surface area contributed by atoms with Crippen LogP contribution in [0.4, 0.5) is 0 Å². The molecule has 0 rings (SSSR count). The molecule has 0 aliphatic heterocycles. The fourth-order valence-electron chi connectivity index (χ4n) is 0.901. The third-order valence-electron chi connectivity index (χ3n) is 1.60. The highest BCUT2D eigenvalue weighted by atomic mass is 31.2. The van der Waals surface area contributed by atoms with Crippen molar-refractivity contribution in [1.29, 1.82) is 0 Å². The van der Waals surface area contributed by atoms with E-state index >= 15 is 0 Å². The van der Waals surface area contributed by atoms with Crippen LogP contribution in [0.5, 0.6) is 0 Å². The lowest BCUT2D eigenvalue weighted by Gasteiger charge is -2.24. The van der Waals surface area contributed by atoms with Gasteiger partial charge in [-0.05, 0) is 13.8 Å². The molecule has 4 N–H and O–H groups in total. The third kappa shape index (κ3) is 6.86. The zero-order chi connectivity index (χ0) is 10.6. The molecule has 0 spiro atoms. The van der Waals surface area contributed by atoms with Gasteiger partial charge in [0.25, 0.3) is 7.94 Å². The Morgan fingerprint density at radius 1 is 1.54 bits per heavy atom. The predicted octanol–water partition coefficient (Wildman–Crippen LogP) is -2.57. The van der Waals surface area contributed by atoms with Crippen LogP contribution in [0.15, 0.2) is 0 Å². The molecule has 0 aliphatic rings. The second-order valence-corrected chi connectivity index (χ2v) is 4.85. The van der Waals surface area contributed by atoms with Crippen molar-refractivity contribution in [3.63, 3.8) is 0 Å². The first-order valence-electron chi connectivity index (χ1n) is 3.83. The van der Waals surface area contributed by atoms with E-state index in [1.54, 1.807) is 13.8 Å². The Bertz CT molecular complexity index is 178. The van der Waals surface area contributed by atoms with Crippen molar-refractivity contribution in [2.24, 2.45) is 0 Å². The molecule has 0 saturated heterocycles. The van der Waals surface area contributed by atoms with Gasteiger partial charge in [0.15, 0.2) is 6.54 Å². The summed E-state index contributed by atoms with van der Waals surface area (Å²) in [6.07, 6.45) is -0.434. The highest BCUT2D eigenvalue weighted by Gasteiger charge is 2.30. The van der Waals surface area contributed by atoms with Gasteiger partial charge in [0.05, 0.1) is 6.04 Å². The summed E-state index contributed by atoms with van der Waals surface area (Å²) >= 11 is 0. The summed E-state index contributed by atoms with van der Waals surface area (Å²) in [6, 6.07) is -0.122. The second kappa shape index (κ2) is 4.83. The van der Waals surface area contributed by atoms with Crippen LogP contribution in [0.1, 0.15) is 13.8 Å². The quantitative estimate of drug-likeness (QED) is 0.375. The van der Waals surface area contributed by atoms with Gasteiger partial charge in [0.1, 0.15) is 0 Å². The Kier molecular flexibility index (Phi) is 4.74. The number of carboxylic acid groups (broad SMARTS) is 1. The first kappa shape index (κ1) is 12.7. The Morgan fingerprint density at radius 2 is 2.00 bits per heavy atom. The van der Waals surface area contributed by atoms with Gasteiger partial charge in [0, 0.05) is 0 Å². The predicted molar refractivity (Wildman–Crippen MR) is 44.8 cm³/mol. The number of hydrogen-bond donors (Lipinski definition) is 4. The van der Waals surface area contributed by atoms with Crippen molar-refractivity contribution >= 4 is 13.9 Å². The van der Waals surface area contributed by atoms with E-state index in [-0.39, 0.29) is 12.6 Å². The molecule has 7 heteroatoms. The van der Waals surface area contributed by atoms with Crippen molar-refractivity contribution in [2.45, 2.75) is 19.9 Å². The molecule has 0 fully saturated rings. The number of aliphatic carboxylic acids is 1. The molecule has 0 saturated carbocycles. The standard InChI is InChI=1S/C6H14NO5P/c1-5(2)7(3-6(8)9)4-13(10,11)12/h5H,3-4H2,1-2H3,(H,8,9)(H2,10,11,12)/p+1. The minimum Gasteiger partial charge on any atom is -0.627 e. The Balaban J connectivity index is 4.19. The van der Waals surface area contributed by atoms with E-state index in [2.05, 4.69) is 0 Å². The van der Waals surface area contributed by atoms with Crippen LogP contribution in [0.3, 0.4) is 0 Å². The van der Waals surface area contributed by atoms with Crippen LogP contribution >= 0.6 is 7.94 Å². The van der Waals surface area contributed by atoms with Crippen molar-refractivity contribution in [1.82, 2.24) is 0 Å². The molecule has 0 aliphatic carbocycles. The van der Waals surface area contributed by atoms with E-state index in [1.807, 2.05) is 0 Å². The molecule has 78 valence electrons. The Hall–Kier alpha value is -0.260. The van der Waals surface area contributed by atoms with Crippen molar-refractivity contribution in [3.8, 4) is 0 Å². The van der Waals surface area contributed by atoms with E-state index in [1.165, 1.54) is 0 Å². The van der Waals surface area contributed by atoms with E-state index in [0.29, 0.717) is 4.90 Å². The van der Waals surface area contributed by atoms with Crippen molar-refractivity contribution in [2.75, 3.05) is 12.8 Å². The molecule has 1 atom stereocenters. The molecular weight excluding hydrogens is 197 g/mol. The maximum absolute atomic E-state index is 10.6. The maximum Gasteiger partial charge on any atom is 0.359 e. The summed E-state index contributed by atoms with van der Waals surface area (Å²) < 4.78 is 0. The van der Waals surface area contributed by atoms with Crippen LogP contribution in [0.2, 0.25) is 0 Å². The largest absolute Gasteiger partial charge is 0.627 e. The number of carbonyl (C=O) groups is 1. The average molecular weight is 212 g/mol. The third-order valence-corrected chi connectivity index (χ3v) is 2.42. The molecule has 0 heterocycles. The van der Waals surface area contributed by atoms with Gasteiger partial charge < -0.3 is 10.00 Å². The molecule has 0 bridgehead atoms. The molecule has 0 aromatic rings. The molecule has 13 heavy (non-hydrogen) atoms. The summed E-state index contributed by atoms with van der Waals surface area (Å²) in [6.45, 7) is 3.16. The summed E-state index contributed by atoms with van der Waals surface area (Å²) in [5.74, 6) is -1.06. The van der Waals surface area contributed by atoms with Crippen LogP contribution < -0.4 is 9.79 Å². The zero-order valence-electron chi connectivity index (χ0n) is 7.60. The summed E-state index contributed by atoms with van der Waals surface area (Å²) in [5.41, 5.74) is 0.